The maximum Gasteiger partial charge on any atom is 0.0397 e. The van der Waals surface area contributed by atoms with E-state index in [1.54, 1.807) is 0 Å². The van der Waals surface area contributed by atoms with Crippen molar-refractivity contribution in [1.82, 2.24) is 5.32 Å². The first-order chi connectivity index (χ1) is 7.87. The molecule has 1 saturated heterocycles. The minimum atomic E-state index is 0.189. The van der Waals surface area contributed by atoms with Crippen molar-refractivity contribution in [3.63, 3.8) is 0 Å². The molecule has 2 nitrogen and oxygen atoms in total. The number of nitrogens with zero attached hydrogens (tertiary/aromatic N) is 1. The Kier molecular flexibility index (Phi) is 3.17. The second-order valence-corrected chi connectivity index (χ2v) is 6.10. The van der Waals surface area contributed by atoms with Crippen LogP contribution in [0.1, 0.15) is 31.9 Å². The van der Waals surface area contributed by atoms with Crippen molar-refractivity contribution in [2.45, 2.75) is 46.2 Å². The van der Waals surface area contributed by atoms with Crippen LogP contribution < -0.4 is 10.2 Å². The Labute approximate surface area is 105 Å². The summed E-state index contributed by atoms with van der Waals surface area (Å²) in [4.78, 5) is 2.51. The first-order valence-electron chi connectivity index (χ1n) is 6.47. The van der Waals surface area contributed by atoms with Gasteiger partial charge in [-0.1, -0.05) is 17.7 Å². The van der Waals surface area contributed by atoms with E-state index in [4.69, 9.17) is 0 Å². The number of hydrogen-bond acceptors (Lipinski definition) is 2. The van der Waals surface area contributed by atoms with E-state index < -0.39 is 0 Å². The van der Waals surface area contributed by atoms with Crippen LogP contribution in [-0.4, -0.2) is 24.7 Å². The maximum atomic E-state index is 3.64. The summed E-state index contributed by atoms with van der Waals surface area (Å²) < 4.78 is 0. The predicted molar refractivity (Wildman–Crippen MR) is 74.8 cm³/mol. The van der Waals surface area contributed by atoms with Crippen LogP contribution in [0, 0.1) is 13.8 Å². The lowest BCUT2D eigenvalue weighted by molar-refractivity contribution is 0.301. The number of benzene rings is 1. The molecule has 1 aromatic rings. The van der Waals surface area contributed by atoms with Crippen molar-refractivity contribution < 1.29 is 0 Å². The molecule has 0 amide bonds. The Hall–Kier alpha value is -1.02. The minimum Gasteiger partial charge on any atom is -0.368 e. The van der Waals surface area contributed by atoms with Crippen molar-refractivity contribution in [3.8, 4) is 0 Å². The van der Waals surface area contributed by atoms with Crippen molar-refractivity contribution in [1.29, 1.82) is 0 Å². The Morgan fingerprint density at radius 1 is 1.29 bits per heavy atom. The van der Waals surface area contributed by atoms with Crippen molar-refractivity contribution in [3.05, 3.63) is 29.3 Å². The van der Waals surface area contributed by atoms with Crippen LogP contribution in [0.2, 0.25) is 0 Å². The number of hydrogen-bond donors (Lipinski definition) is 1. The fourth-order valence-corrected chi connectivity index (χ4v) is 2.97. The molecular formula is C15H24N2. The summed E-state index contributed by atoms with van der Waals surface area (Å²) >= 11 is 0. The SMILES string of the molecule is Cc1ccc(N2CC(C)NC(C)(C)C2)c(C)c1. The second kappa shape index (κ2) is 4.34. The molecule has 0 aliphatic carbocycles. The molecule has 1 unspecified atom stereocenters. The van der Waals surface area contributed by atoms with Gasteiger partial charge in [0.15, 0.2) is 0 Å². The third kappa shape index (κ3) is 2.81. The van der Waals surface area contributed by atoms with E-state index in [2.05, 4.69) is 63.0 Å². The third-order valence-electron chi connectivity index (χ3n) is 3.41. The zero-order valence-corrected chi connectivity index (χ0v) is 11.7. The van der Waals surface area contributed by atoms with Gasteiger partial charge in [-0.15, -0.1) is 0 Å². The fourth-order valence-electron chi connectivity index (χ4n) is 2.97. The molecule has 1 aliphatic rings. The quantitative estimate of drug-likeness (QED) is 0.801. The van der Waals surface area contributed by atoms with E-state index in [0.717, 1.165) is 13.1 Å². The van der Waals surface area contributed by atoms with E-state index in [9.17, 15) is 0 Å². The summed E-state index contributed by atoms with van der Waals surface area (Å²) in [5.74, 6) is 0. The monoisotopic (exact) mass is 232 g/mol. The molecular weight excluding hydrogens is 208 g/mol. The van der Waals surface area contributed by atoms with E-state index in [1.807, 2.05) is 0 Å². The van der Waals surface area contributed by atoms with Gasteiger partial charge >= 0.3 is 0 Å². The van der Waals surface area contributed by atoms with Crippen LogP contribution in [0.5, 0.6) is 0 Å². The van der Waals surface area contributed by atoms with E-state index in [0.29, 0.717) is 6.04 Å². The predicted octanol–water partition coefficient (Wildman–Crippen LogP) is 2.88. The summed E-state index contributed by atoms with van der Waals surface area (Å²) in [6.45, 7) is 13.3. The molecule has 17 heavy (non-hydrogen) atoms. The Morgan fingerprint density at radius 3 is 2.59 bits per heavy atom. The molecule has 1 fully saturated rings. The molecule has 0 spiro atoms. The van der Waals surface area contributed by atoms with Gasteiger partial charge in [0.25, 0.3) is 0 Å². The van der Waals surface area contributed by atoms with Crippen LogP contribution in [-0.2, 0) is 0 Å². The number of aryl methyl sites for hydroxylation is 2. The maximum absolute atomic E-state index is 3.64. The van der Waals surface area contributed by atoms with Crippen LogP contribution in [0.4, 0.5) is 5.69 Å². The average molecular weight is 232 g/mol. The van der Waals surface area contributed by atoms with Crippen LogP contribution in [0.25, 0.3) is 0 Å². The van der Waals surface area contributed by atoms with E-state index in [1.165, 1.54) is 16.8 Å². The van der Waals surface area contributed by atoms with Gasteiger partial charge in [0, 0.05) is 30.4 Å². The first kappa shape index (κ1) is 12.4. The lowest BCUT2D eigenvalue weighted by Gasteiger charge is -2.44. The molecule has 0 saturated carbocycles. The van der Waals surface area contributed by atoms with Gasteiger partial charge in [-0.05, 0) is 46.2 Å². The van der Waals surface area contributed by atoms with E-state index in [-0.39, 0.29) is 5.54 Å². The summed E-state index contributed by atoms with van der Waals surface area (Å²) in [5, 5.41) is 3.64. The topological polar surface area (TPSA) is 15.3 Å². The second-order valence-electron chi connectivity index (χ2n) is 6.10. The number of nitrogens with one attached hydrogen (secondary N) is 1. The van der Waals surface area contributed by atoms with Gasteiger partial charge in [-0.2, -0.15) is 0 Å². The highest BCUT2D eigenvalue weighted by atomic mass is 15.2. The van der Waals surface area contributed by atoms with Gasteiger partial charge in [-0.3, -0.25) is 0 Å². The standard InChI is InChI=1S/C15H24N2/c1-11-6-7-14(12(2)8-11)17-9-13(3)16-15(4,5)10-17/h6-8,13,16H,9-10H2,1-5H3. The molecule has 1 aliphatic heterocycles. The number of rotatable bonds is 1. The molecule has 0 bridgehead atoms. The highest BCUT2D eigenvalue weighted by molar-refractivity contribution is 5.55. The normalized spacial score (nSPS) is 23.8. The average Bonchev–Trinajstić information content (AvgIpc) is 2.13. The zero-order chi connectivity index (χ0) is 12.6. The third-order valence-corrected chi connectivity index (χ3v) is 3.41. The van der Waals surface area contributed by atoms with Crippen molar-refractivity contribution in [2.75, 3.05) is 18.0 Å². The molecule has 2 rings (SSSR count). The molecule has 1 aromatic carbocycles. The summed E-state index contributed by atoms with van der Waals surface area (Å²) in [5.41, 5.74) is 4.30. The Balaban J connectivity index is 2.27. The van der Waals surface area contributed by atoms with Crippen molar-refractivity contribution in [2.24, 2.45) is 0 Å². The molecule has 2 heteroatoms. The number of piperazine rings is 1. The van der Waals surface area contributed by atoms with Crippen molar-refractivity contribution >= 4 is 5.69 Å². The molecule has 1 N–H and O–H groups in total. The fraction of sp³-hybridized carbons (Fsp3) is 0.600. The largest absolute Gasteiger partial charge is 0.368 e. The Bertz CT molecular complexity index is 409. The highest BCUT2D eigenvalue weighted by Crippen LogP contribution is 2.25. The minimum absolute atomic E-state index is 0.189. The highest BCUT2D eigenvalue weighted by Gasteiger charge is 2.30. The van der Waals surface area contributed by atoms with Crippen LogP contribution in [0.15, 0.2) is 18.2 Å². The number of anilines is 1. The van der Waals surface area contributed by atoms with E-state index >= 15 is 0 Å². The lowest BCUT2D eigenvalue weighted by atomic mass is 9.97. The Morgan fingerprint density at radius 2 is 2.00 bits per heavy atom. The first-order valence-corrected chi connectivity index (χ1v) is 6.47. The molecule has 1 heterocycles. The van der Waals surface area contributed by atoms with Gasteiger partial charge in [0.2, 0.25) is 0 Å². The summed E-state index contributed by atoms with van der Waals surface area (Å²) in [7, 11) is 0. The molecule has 94 valence electrons. The summed E-state index contributed by atoms with van der Waals surface area (Å²) in [6.07, 6.45) is 0. The van der Waals surface area contributed by atoms with Gasteiger partial charge < -0.3 is 10.2 Å². The lowest BCUT2D eigenvalue weighted by Crippen LogP contribution is -2.61. The van der Waals surface area contributed by atoms with Gasteiger partial charge in [0.05, 0.1) is 0 Å². The zero-order valence-electron chi connectivity index (χ0n) is 11.7. The smallest absolute Gasteiger partial charge is 0.0397 e. The molecule has 1 atom stereocenters. The molecule has 0 aromatic heterocycles. The van der Waals surface area contributed by atoms with Crippen LogP contribution in [0.3, 0.4) is 0 Å². The molecule has 0 radical (unpaired) electrons. The van der Waals surface area contributed by atoms with Gasteiger partial charge in [-0.25, -0.2) is 0 Å². The summed E-state index contributed by atoms with van der Waals surface area (Å²) in [6, 6.07) is 7.29. The van der Waals surface area contributed by atoms with Crippen LogP contribution >= 0.6 is 0 Å². The van der Waals surface area contributed by atoms with Gasteiger partial charge in [0.1, 0.15) is 0 Å².